The van der Waals surface area contributed by atoms with Gasteiger partial charge in [-0.3, -0.25) is 9.78 Å². The number of likely N-dealkylation sites (tertiary alicyclic amines) is 1. The molecule has 1 aromatic heterocycles. The quantitative estimate of drug-likeness (QED) is 0.317. The number of phenols is 1. The van der Waals surface area contributed by atoms with Crippen LogP contribution in [0.15, 0.2) is 36.5 Å². The van der Waals surface area contributed by atoms with E-state index in [2.05, 4.69) is 11.0 Å². The van der Waals surface area contributed by atoms with Crippen LogP contribution in [-0.4, -0.2) is 65.8 Å². The number of nitrogens with zero attached hydrogens (tertiary/aromatic N) is 3. The molecule has 1 spiro atoms. The van der Waals surface area contributed by atoms with Crippen LogP contribution in [0.1, 0.15) is 63.2 Å². The maximum absolute atomic E-state index is 13.5. The fraction of sp³-hybridized carbons (Fsp3) is 0.485. The zero-order valence-corrected chi connectivity index (χ0v) is 25.5. The van der Waals surface area contributed by atoms with E-state index in [1.54, 1.807) is 18.3 Å². The summed E-state index contributed by atoms with van der Waals surface area (Å²) < 4.78 is 11.0. The molecule has 3 heterocycles. The number of ketones is 1. The van der Waals surface area contributed by atoms with Gasteiger partial charge in [-0.15, -0.1) is 0 Å². The Morgan fingerprint density at radius 1 is 1.05 bits per heavy atom. The number of aromatic hydroxyl groups is 1. The second kappa shape index (κ2) is 10.6. The molecular weight excluding hydrogens is 554 g/mol. The zero-order valence-electron chi connectivity index (χ0n) is 24.7. The van der Waals surface area contributed by atoms with Crippen molar-refractivity contribution in [3.05, 3.63) is 47.1 Å². The molecule has 2 aliphatic heterocycles. The van der Waals surface area contributed by atoms with Crippen molar-refractivity contribution in [2.45, 2.75) is 58.5 Å². The molecule has 1 saturated carbocycles. The summed E-state index contributed by atoms with van der Waals surface area (Å²) in [6.45, 7) is 8.67. The van der Waals surface area contributed by atoms with Crippen molar-refractivity contribution < 1.29 is 24.2 Å². The Kier molecular flexibility index (Phi) is 7.24. The molecule has 3 aromatic rings. The van der Waals surface area contributed by atoms with Gasteiger partial charge >= 0.3 is 6.09 Å². The maximum atomic E-state index is 13.5. The molecule has 0 atom stereocenters. The van der Waals surface area contributed by atoms with E-state index in [9.17, 15) is 14.7 Å². The number of benzene rings is 2. The summed E-state index contributed by atoms with van der Waals surface area (Å²) in [6, 6.07) is 9.48. The van der Waals surface area contributed by atoms with E-state index in [4.69, 9.17) is 26.1 Å². The van der Waals surface area contributed by atoms with E-state index in [0.717, 1.165) is 72.9 Å². The molecule has 2 aromatic carbocycles. The number of halogens is 1. The number of fused-ring (bicyclic) bond motifs is 1. The summed E-state index contributed by atoms with van der Waals surface area (Å²) in [4.78, 5) is 35.2. The molecule has 0 unspecified atom stereocenters. The van der Waals surface area contributed by atoms with Gasteiger partial charge in [-0.2, -0.15) is 0 Å². The normalized spacial score (nSPS) is 18.5. The minimum Gasteiger partial charge on any atom is -0.503 e. The smallest absolute Gasteiger partial charge is 0.410 e. The molecule has 9 heteroatoms. The van der Waals surface area contributed by atoms with Gasteiger partial charge in [-0.25, -0.2) is 4.79 Å². The Bertz CT molecular complexity index is 1550. The number of piperidine rings is 1. The molecule has 1 aliphatic carbocycles. The first kappa shape index (κ1) is 28.6. The van der Waals surface area contributed by atoms with E-state index >= 15 is 0 Å². The Hall–Kier alpha value is -3.52. The summed E-state index contributed by atoms with van der Waals surface area (Å²) in [7, 11) is 1.49. The predicted octanol–water partition coefficient (Wildman–Crippen LogP) is 7.09. The number of pyridine rings is 1. The Labute approximate surface area is 251 Å². The van der Waals surface area contributed by atoms with Crippen LogP contribution in [0.25, 0.3) is 22.0 Å². The molecule has 3 aliphatic rings. The number of anilines is 1. The second-order valence-corrected chi connectivity index (χ2v) is 13.4. The van der Waals surface area contributed by atoms with E-state index in [0.29, 0.717) is 24.4 Å². The average molecular weight is 592 g/mol. The first-order chi connectivity index (χ1) is 20.0. The third kappa shape index (κ3) is 5.49. The lowest BCUT2D eigenvalue weighted by molar-refractivity contribution is 0.0266. The third-order valence-electron chi connectivity index (χ3n) is 8.87. The van der Waals surface area contributed by atoms with Crippen LogP contribution in [0.2, 0.25) is 5.02 Å². The highest BCUT2D eigenvalue weighted by atomic mass is 35.5. The maximum Gasteiger partial charge on any atom is 0.410 e. The van der Waals surface area contributed by atoms with Gasteiger partial charge in [0.25, 0.3) is 0 Å². The van der Waals surface area contributed by atoms with Crippen molar-refractivity contribution in [1.82, 2.24) is 9.88 Å². The number of hydrogen-bond acceptors (Lipinski definition) is 7. The zero-order chi connectivity index (χ0) is 29.8. The molecule has 222 valence electrons. The van der Waals surface area contributed by atoms with E-state index < -0.39 is 5.60 Å². The minimum absolute atomic E-state index is 0.0570. The van der Waals surface area contributed by atoms with Crippen molar-refractivity contribution in [1.29, 1.82) is 0 Å². The first-order valence-corrected chi connectivity index (χ1v) is 15.1. The molecular formula is C33H38ClN3O5. The lowest BCUT2D eigenvalue weighted by atomic mass is 9.77. The van der Waals surface area contributed by atoms with Crippen LogP contribution in [0.3, 0.4) is 0 Å². The van der Waals surface area contributed by atoms with Crippen molar-refractivity contribution in [3.8, 4) is 22.6 Å². The topological polar surface area (TPSA) is 92.2 Å². The molecule has 0 radical (unpaired) electrons. The van der Waals surface area contributed by atoms with Crippen LogP contribution in [0.4, 0.5) is 10.5 Å². The SMILES string of the molecule is COc1cc(-c2ccc3ncc(C(=O)C4CC4)c(N4CCC5(CCN(C(=O)OC(C)(C)C)C5)CC4)c3c2)cc(Cl)c1O. The van der Waals surface area contributed by atoms with Crippen molar-refractivity contribution in [2.75, 3.05) is 38.2 Å². The lowest BCUT2D eigenvalue weighted by Gasteiger charge is -2.41. The summed E-state index contributed by atoms with van der Waals surface area (Å²) in [5.41, 5.74) is 3.66. The van der Waals surface area contributed by atoms with Gasteiger partial charge in [0.2, 0.25) is 0 Å². The monoisotopic (exact) mass is 591 g/mol. The number of amides is 1. The summed E-state index contributed by atoms with van der Waals surface area (Å²) >= 11 is 6.32. The summed E-state index contributed by atoms with van der Waals surface area (Å²) in [6.07, 6.45) is 6.17. The number of rotatable bonds is 5. The van der Waals surface area contributed by atoms with Gasteiger partial charge in [-0.1, -0.05) is 17.7 Å². The highest BCUT2D eigenvalue weighted by Gasteiger charge is 2.44. The molecule has 2 saturated heterocycles. The van der Waals surface area contributed by atoms with Crippen LogP contribution < -0.4 is 9.64 Å². The number of carbonyl (C=O) groups is 2. The van der Waals surface area contributed by atoms with Crippen molar-refractivity contribution in [3.63, 3.8) is 0 Å². The molecule has 1 amide bonds. The van der Waals surface area contributed by atoms with Crippen molar-refractivity contribution >= 4 is 40.1 Å². The molecule has 1 N–H and O–H groups in total. The first-order valence-electron chi connectivity index (χ1n) is 14.7. The largest absolute Gasteiger partial charge is 0.503 e. The van der Waals surface area contributed by atoms with Gasteiger partial charge in [-0.05, 0) is 93.7 Å². The van der Waals surface area contributed by atoms with Crippen LogP contribution in [0, 0.1) is 11.3 Å². The van der Waals surface area contributed by atoms with Gasteiger partial charge < -0.3 is 24.4 Å². The number of phenolic OH excluding ortho intramolecular Hbond substituents is 1. The van der Waals surface area contributed by atoms with Crippen LogP contribution >= 0.6 is 11.6 Å². The average Bonchev–Trinajstić information content (AvgIpc) is 3.73. The number of aromatic nitrogens is 1. The molecule has 0 bridgehead atoms. The Balaban J connectivity index is 1.33. The predicted molar refractivity (Wildman–Crippen MR) is 164 cm³/mol. The Morgan fingerprint density at radius 2 is 1.76 bits per heavy atom. The van der Waals surface area contributed by atoms with Gasteiger partial charge in [0.15, 0.2) is 17.3 Å². The van der Waals surface area contributed by atoms with Crippen LogP contribution in [0.5, 0.6) is 11.5 Å². The Morgan fingerprint density at radius 3 is 2.43 bits per heavy atom. The third-order valence-corrected chi connectivity index (χ3v) is 9.15. The number of hydrogen-bond donors (Lipinski definition) is 1. The van der Waals surface area contributed by atoms with Gasteiger partial charge in [0.1, 0.15) is 5.60 Å². The van der Waals surface area contributed by atoms with E-state index in [1.807, 2.05) is 37.8 Å². The highest BCUT2D eigenvalue weighted by molar-refractivity contribution is 6.32. The molecule has 6 rings (SSSR count). The number of methoxy groups -OCH3 is 1. The minimum atomic E-state index is -0.515. The summed E-state index contributed by atoms with van der Waals surface area (Å²) in [5.74, 6) is 0.436. The van der Waals surface area contributed by atoms with Crippen LogP contribution in [-0.2, 0) is 4.74 Å². The fourth-order valence-corrected chi connectivity index (χ4v) is 6.58. The van der Waals surface area contributed by atoms with Gasteiger partial charge in [0, 0.05) is 43.7 Å². The van der Waals surface area contributed by atoms with E-state index in [1.165, 1.54) is 7.11 Å². The van der Waals surface area contributed by atoms with E-state index in [-0.39, 0.29) is 34.0 Å². The number of Topliss-reactive ketones (excluding diaryl/α,β-unsaturated/α-hetero) is 1. The van der Waals surface area contributed by atoms with Gasteiger partial charge in [0.05, 0.1) is 28.9 Å². The standard InChI is InChI=1S/C33H38ClN3O5/c1-32(2,3)42-31(40)37-14-11-33(19-37)9-12-36(13-10-33)28-23-15-21(22-16-25(34)30(39)27(17-22)41-4)7-8-26(23)35-18-24(28)29(38)20-5-6-20/h7-8,15-18,20,39H,5-6,9-14,19H2,1-4H3. The molecule has 3 fully saturated rings. The summed E-state index contributed by atoms with van der Waals surface area (Å²) in [5, 5.41) is 11.4. The highest BCUT2D eigenvalue weighted by Crippen LogP contribution is 2.45. The molecule has 8 nitrogen and oxygen atoms in total. The number of carbonyl (C=O) groups excluding carboxylic acids is 2. The molecule has 42 heavy (non-hydrogen) atoms. The number of ether oxygens (including phenoxy) is 2. The van der Waals surface area contributed by atoms with Crippen molar-refractivity contribution in [2.24, 2.45) is 11.3 Å². The second-order valence-electron chi connectivity index (χ2n) is 13.0. The lowest BCUT2D eigenvalue weighted by Crippen LogP contribution is -2.43. The fourth-order valence-electron chi connectivity index (χ4n) is 6.37.